The normalized spacial score (nSPS) is 15.5. The highest BCUT2D eigenvalue weighted by atomic mass is 127. The summed E-state index contributed by atoms with van der Waals surface area (Å²) in [5, 5.41) is 0. The van der Waals surface area contributed by atoms with Crippen LogP contribution in [0.5, 0.6) is 0 Å². The molecule has 22 heavy (non-hydrogen) atoms. The SMILES string of the molecule is CC(C)(C)C(I)(O[SiH3])C(I)(c1ccccc1)c1ccccc1. The fourth-order valence-corrected chi connectivity index (χ4v) is 6.54. The van der Waals surface area contributed by atoms with E-state index < -0.39 is 0 Å². The van der Waals surface area contributed by atoms with Gasteiger partial charge in [0.1, 0.15) is 17.5 Å². The summed E-state index contributed by atoms with van der Waals surface area (Å²) in [5.41, 5.74) is 2.55. The third-order valence-electron chi connectivity index (χ3n) is 4.03. The molecule has 118 valence electrons. The highest BCUT2D eigenvalue weighted by molar-refractivity contribution is 14.1. The van der Waals surface area contributed by atoms with Crippen LogP contribution in [0.25, 0.3) is 0 Å². The lowest BCUT2D eigenvalue weighted by molar-refractivity contribution is 0.0578. The zero-order valence-corrected chi connectivity index (χ0v) is 19.8. The van der Waals surface area contributed by atoms with Crippen molar-refractivity contribution in [2.45, 2.75) is 27.8 Å². The van der Waals surface area contributed by atoms with Gasteiger partial charge in [0.05, 0.1) is 0 Å². The van der Waals surface area contributed by atoms with E-state index in [1.807, 2.05) is 0 Å². The van der Waals surface area contributed by atoms with Crippen LogP contribution in [-0.2, 0) is 7.85 Å². The van der Waals surface area contributed by atoms with Crippen molar-refractivity contribution < 1.29 is 4.43 Å². The van der Waals surface area contributed by atoms with Crippen LogP contribution < -0.4 is 0 Å². The van der Waals surface area contributed by atoms with Gasteiger partial charge >= 0.3 is 0 Å². The van der Waals surface area contributed by atoms with Crippen LogP contribution in [0.15, 0.2) is 60.7 Å². The summed E-state index contributed by atoms with van der Waals surface area (Å²) in [4.78, 5) is 0. The summed E-state index contributed by atoms with van der Waals surface area (Å²) in [5.74, 6) is 0. The Bertz CT molecular complexity index is 570. The minimum Gasteiger partial charge on any atom is -0.412 e. The molecule has 1 atom stereocenters. The first kappa shape index (κ1) is 18.4. The van der Waals surface area contributed by atoms with Gasteiger partial charge in [0.2, 0.25) is 0 Å². The molecule has 0 amide bonds. The third-order valence-corrected chi connectivity index (χ3v) is 11.4. The van der Waals surface area contributed by atoms with Crippen molar-refractivity contribution >= 4 is 55.7 Å². The molecule has 4 heteroatoms. The maximum Gasteiger partial charge on any atom is 0.147 e. The van der Waals surface area contributed by atoms with E-state index in [1.165, 1.54) is 11.1 Å². The first-order valence-electron chi connectivity index (χ1n) is 7.31. The molecule has 0 heterocycles. The monoisotopic (exact) mass is 536 g/mol. The summed E-state index contributed by atoms with van der Waals surface area (Å²) in [6, 6.07) is 21.4. The molecule has 0 saturated heterocycles. The number of rotatable bonds is 4. The van der Waals surface area contributed by atoms with Crippen molar-refractivity contribution in [3.05, 3.63) is 71.8 Å². The van der Waals surface area contributed by atoms with Gasteiger partial charge in [0.25, 0.3) is 0 Å². The van der Waals surface area contributed by atoms with Crippen molar-refractivity contribution in [2.75, 3.05) is 0 Å². The standard InChI is InChI=1S/C18H22I2OSi/c1-16(2,3)18(20,21-22)17(19,14-10-6-4-7-11-14)15-12-8-5-9-13-15/h4-13H,1-3,22H3. The molecule has 0 radical (unpaired) electrons. The number of hydrogen-bond acceptors (Lipinski definition) is 1. The quantitative estimate of drug-likeness (QED) is 0.309. The molecule has 1 unspecified atom stereocenters. The van der Waals surface area contributed by atoms with Gasteiger partial charge in [0, 0.05) is 5.41 Å². The van der Waals surface area contributed by atoms with Crippen molar-refractivity contribution in [3.8, 4) is 0 Å². The molecule has 0 fully saturated rings. The Balaban J connectivity index is 2.77. The fraction of sp³-hybridized carbons (Fsp3) is 0.333. The lowest BCUT2D eigenvalue weighted by Crippen LogP contribution is -2.53. The fourth-order valence-electron chi connectivity index (χ4n) is 2.84. The van der Waals surface area contributed by atoms with Gasteiger partial charge < -0.3 is 4.43 Å². The molecular weight excluding hydrogens is 514 g/mol. The number of benzene rings is 2. The zero-order chi connectivity index (χ0) is 16.4. The average Bonchev–Trinajstić information content (AvgIpc) is 2.53. The lowest BCUT2D eigenvalue weighted by atomic mass is 9.75. The van der Waals surface area contributed by atoms with Crippen LogP contribution in [0.4, 0.5) is 0 Å². The first-order valence-corrected chi connectivity index (χ1v) is 10.3. The maximum atomic E-state index is 6.29. The summed E-state index contributed by atoms with van der Waals surface area (Å²) in [7, 11) is 0.698. The Labute approximate surface area is 164 Å². The van der Waals surface area contributed by atoms with Crippen molar-refractivity contribution in [1.29, 1.82) is 0 Å². The Morgan fingerprint density at radius 1 is 0.773 bits per heavy atom. The second-order valence-corrected chi connectivity index (χ2v) is 9.99. The molecule has 0 saturated carbocycles. The van der Waals surface area contributed by atoms with E-state index in [9.17, 15) is 0 Å². The second kappa shape index (κ2) is 6.90. The molecule has 0 aliphatic carbocycles. The van der Waals surface area contributed by atoms with Gasteiger partial charge in [-0.05, 0) is 33.7 Å². The van der Waals surface area contributed by atoms with E-state index in [0.29, 0.717) is 10.5 Å². The molecular formula is C18H22I2OSi. The molecule has 0 bridgehead atoms. The summed E-state index contributed by atoms with van der Waals surface area (Å²) in [6.07, 6.45) is 0. The topological polar surface area (TPSA) is 9.23 Å². The van der Waals surface area contributed by atoms with E-state index in [-0.39, 0.29) is 12.4 Å². The molecule has 2 aromatic carbocycles. The highest BCUT2D eigenvalue weighted by Crippen LogP contribution is 2.59. The summed E-state index contributed by atoms with van der Waals surface area (Å²) in [6.45, 7) is 6.78. The van der Waals surface area contributed by atoms with Crippen LogP contribution in [0.2, 0.25) is 0 Å². The molecule has 0 aromatic heterocycles. The minimum absolute atomic E-state index is 0.0117. The van der Waals surface area contributed by atoms with Gasteiger partial charge in [0.15, 0.2) is 0 Å². The third kappa shape index (κ3) is 3.03. The van der Waals surface area contributed by atoms with Crippen LogP contribution in [0.3, 0.4) is 0 Å². The van der Waals surface area contributed by atoms with E-state index >= 15 is 0 Å². The number of halogens is 2. The molecule has 1 nitrogen and oxygen atoms in total. The second-order valence-electron chi connectivity index (χ2n) is 6.44. The van der Waals surface area contributed by atoms with E-state index in [1.54, 1.807) is 0 Å². The summed E-state index contributed by atoms with van der Waals surface area (Å²) >= 11 is 5.14. The van der Waals surface area contributed by atoms with Gasteiger partial charge in [-0.3, -0.25) is 0 Å². The predicted molar refractivity (Wildman–Crippen MR) is 115 cm³/mol. The zero-order valence-electron chi connectivity index (χ0n) is 13.4. The van der Waals surface area contributed by atoms with Gasteiger partial charge in [-0.25, -0.2) is 0 Å². The molecule has 0 spiro atoms. The Hall–Kier alpha value is 0.0769. The van der Waals surface area contributed by atoms with Crippen molar-refractivity contribution in [1.82, 2.24) is 0 Å². The van der Waals surface area contributed by atoms with Crippen LogP contribution in [-0.4, -0.2) is 14.1 Å². The van der Waals surface area contributed by atoms with Gasteiger partial charge in [-0.15, -0.1) is 0 Å². The molecule has 0 aliphatic rings. The van der Waals surface area contributed by atoms with Crippen LogP contribution in [0.1, 0.15) is 31.9 Å². The summed E-state index contributed by atoms with van der Waals surface area (Å²) < 4.78 is 5.70. The van der Waals surface area contributed by atoms with Crippen molar-refractivity contribution in [2.24, 2.45) is 5.41 Å². The van der Waals surface area contributed by atoms with Crippen LogP contribution in [0, 0.1) is 5.41 Å². The predicted octanol–water partition coefficient (Wildman–Crippen LogP) is 4.84. The Morgan fingerprint density at radius 2 is 1.14 bits per heavy atom. The van der Waals surface area contributed by atoms with Crippen molar-refractivity contribution in [3.63, 3.8) is 0 Å². The average molecular weight is 536 g/mol. The van der Waals surface area contributed by atoms with E-state index in [0.717, 1.165) is 0 Å². The van der Waals surface area contributed by atoms with Crippen LogP contribution >= 0.6 is 45.2 Å². The number of alkyl halides is 2. The highest BCUT2D eigenvalue weighted by Gasteiger charge is 2.57. The van der Waals surface area contributed by atoms with Gasteiger partial charge in [-0.1, -0.05) is 104 Å². The molecule has 0 N–H and O–H groups in total. The molecule has 2 rings (SSSR count). The molecule has 0 aliphatic heterocycles. The lowest BCUT2D eigenvalue weighted by Gasteiger charge is -2.51. The van der Waals surface area contributed by atoms with Gasteiger partial charge in [-0.2, -0.15) is 0 Å². The largest absolute Gasteiger partial charge is 0.412 e. The molecule has 2 aromatic rings. The van der Waals surface area contributed by atoms with E-state index in [2.05, 4.69) is 127 Å². The Kier molecular flexibility index (Phi) is 5.78. The minimum atomic E-state index is -0.340. The maximum absolute atomic E-state index is 6.29. The number of hydrogen-bond donors (Lipinski definition) is 0. The first-order chi connectivity index (χ1) is 10.3. The van der Waals surface area contributed by atoms with E-state index in [4.69, 9.17) is 4.43 Å². The smallest absolute Gasteiger partial charge is 0.147 e. The Morgan fingerprint density at radius 3 is 1.41 bits per heavy atom.